The SMILES string of the molecule is O=C(ON1C(=O)c2ccccc2C1=O)C1C[C@@H]1c1ccc2cnn(CC(F)(F)F)c2n1. The highest BCUT2D eigenvalue weighted by Gasteiger charge is 2.49. The van der Waals surface area contributed by atoms with Crippen molar-refractivity contribution >= 4 is 28.8 Å². The average Bonchev–Trinajstić information content (AvgIpc) is 3.40. The summed E-state index contributed by atoms with van der Waals surface area (Å²) in [4.78, 5) is 46.4. The number of fused-ring (bicyclic) bond motifs is 2. The zero-order valence-electron chi connectivity index (χ0n) is 15.7. The van der Waals surface area contributed by atoms with Gasteiger partial charge in [-0.3, -0.25) is 9.59 Å². The number of carbonyl (C=O) groups excluding carboxylic acids is 3. The average molecular weight is 430 g/mol. The van der Waals surface area contributed by atoms with Gasteiger partial charge in [0.25, 0.3) is 11.8 Å². The summed E-state index contributed by atoms with van der Waals surface area (Å²) in [5, 5.41) is 4.61. The predicted octanol–water partition coefficient (Wildman–Crippen LogP) is 2.85. The van der Waals surface area contributed by atoms with Gasteiger partial charge in [-0.15, -0.1) is 0 Å². The molecule has 0 bridgehead atoms. The van der Waals surface area contributed by atoms with Crippen molar-refractivity contribution in [3.63, 3.8) is 0 Å². The molecule has 1 fully saturated rings. The largest absolute Gasteiger partial charge is 0.408 e. The highest BCUT2D eigenvalue weighted by molar-refractivity contribution is 6.20. The van der Waals surface area contributed by atoms with Crippen LogP contribution in [0.1, 0.15) is 38.7 Å². The fourth-order valence-electron chi connectivity index (χ4n) is 3.65. The van der Waals surface area contributed by atoms with E-state index in [4.69, 9.17) is 4.84 Å². The van der Waals surface area contributed by atoms with Gasteiger partial charge in [-0.2, -0.15) is 18.3 Å². The molecule has 31 heavy (non-hydrogen) atoms. The molecule has 2 aromatic heterocycles. The van der Waals surface area contributed by atoms with E-state index in [2.05, 4.69) is 10.1 Å². The molecule has 2 amide bonds. The van der Waals surface area contributed by atoms with Crippen LogP contribution < -0.4 is 0 Å². The zero-order valence-corrected chi connectivity index (χ0v) is 15.7. The molecule has 1 aliphatic heterocycles. The minimum Gasteiger partial charge on any atom is -0.329 e. The molecule has 1 unspecified atom stereocenters. The molecule has 0 radical (unpaired) electrons. The van der Waals surface area contributed by atoms with Crippen LogP contribution in [0.15, 0.2) is 42.6 Å². The van der Waals surface area contributed by atoms with Crippen LogP contribution in [0.25, 0.3) is 11.0 Å². The fourth-order valence-corrected chi connectivity index (χ4v) is 3.65. The normalized spacial score (nSPS) is 20.3. The van der Waals surface area contributed by atoms with Crippen LogP contribution >= 0.6 is 0 Å². The van der Waals surface area contributed by atoms with Crippen LogP contribution in [-0.4, -0.2) is 43.8 Å². The minimum atomic E-state index is -4.45. The van der Waals surface area contributed by atoms with E-state index in [1.165, 1.54) is 18.3 Å². The Morgan fingerprint density at radius 2 is 1.77 bits per heavy atom. The highest BCUT2D eigenvalue weighted by Crippen LogP contribution is 2.48. The molecule has 158 valence electrons. The van der Waals surface area contributed by atoms with Crippen molar-refractivity contribution in [2.75, 3.05) is 0 Å². The van der Waals surface area contributed by atoms with E-state index in [1.807, 2.05) is 0 Å². The van der Waals surface area contributed by atoms with Crippen LogP contribution in [-0.2, 0) is 16.2 Å². The summed E-state index contributed by atoms with van der Waals surface area (Å²) < 4.78 is 39.0. The van der Waals surface area contributed by atoms with Crippen molar-refractivity contribution in [1.82, 2.24) is 19.8 Å². The molecule has 1 saturated carbocycles. The van der Waals surface area contributed by atoms with Crippen LogP contribution in [0.4, 0.5) is 13.2 Å². The lowest BCUT2D eigenvalue weighted by molar-refractivity contribution is -0.170. The number of nitrogens with zero attached hydrogens (tertiary/aromatic N) is 4. The number of benzene rings is 1. The Hall–Kier alpha value is -3.76. The van der Waals surface area contributed by atoms with E-state index in [0.717, 1.165) is 4.68 Å². The van der Waals surface area contributed by atoms with Gasteiger partial charge in [0.05, 0.1) is 23.2 Å². The highest BCUT2D eigenvalue weighted by atomic mass is 19.4. The molecule has 2 atom stereocenters. The molecular formula is C20H13F3N4O4. The minimum absolute atomic E-state index is 0.0641. The van der Waals surface area contributed by atoms with Crippen LogP contribution in [0.2, 0.25) is 0 Å². The van der Waals surface area contributed by atoms with Crippen LogP contribution in [0, 0.1) is 5.92 Å². The number of alkyl halides is 3. The van der Waals surface area contributed by atoms with Gasteiger partial charge in [-0.25, -0.2) is 14.5 Å². The van der Waals surface area contributed by atoms with E-state index >= 15 is 0 Å². The van der Waals surface area contributed by atoms with Gasteiger partial charge in [0.2, 0.25) is 0 Å². The van der Waals surface area contributed by atoms with E-state index in [-0.39, 0.29) is 22.7 Å². The monoisotopic (exact) mass is 430 g/mol. The molecule has 3 aromatic rings. The number of amides is 2. The summed E-state index contributed by atoms with van der Waals surface area (Å²) in [6, 6.07) is 9.32. The molecule has 0 N–H and O–H groups in total. The van der Waals surface area contributed by atoms with Gasteiger partial charge < -0.3 is 4.84 Å². The van der Waals surface area contributed by atoms with Crippen molar-refractivity contribution in [3.8, 4) is 0 Å². The lowest BCUT2D eigenvalue weighted by atomic mass is 10.1. The Labute approximate surface area is 172 Å². The van der Waals surface area contributed by atoms with Gasteiger partial charge in [0.1, 0.15) is 6.54 Å². The molecule has 0 spiro atoms. The Morgan fingerprint density at radius 3 is 2.42 bits per heavy atom. The Bertz CT molecular complexity index is 1220. The third-order valence-corrected chi connectivity index (χ3v) is 5.25. The van der Waals surface area contributed by atoms with Gasteiger partial charge in [-0.05, 0) is 30.7 Å². The van der Waals surface area contributed by atoms with Crippen molar-refractivity contribution < 1.29 is 32.4 Å². The summed E-state index contributed by atoms with van der Waals surface area (Å²) in [6.07, 6.45) is -2.82. The zero-order chi connectivity index (χ0) is 21.9. The lowest BCUT2D eigenvalue weighted by Crippen LogP contribution is -2.33. The number of hydrogen-bond acceptors (Lipinski definition) is 6. The molecular weight excluding hydrogens is 417 g/mol. The van der Waals surface area contributed by atoms with Crippen LogP contribution in [0.3, 0.4) is 0 Å². The first-order valence-corrected chi connectivity index (χ1v) is 9.32. The maximum Gasteiger partial charge on any atom is 0.408 e. The first-order chi connectivity index (χ1) is 14.7. The van der Waals surface area contributed by atoms with Gasteiger partial charge >= 0.3 is 12.1 Å². The summed E-state index contributed by atoms with van der Waals surface area (Å²) in [6.45, 7) is -1.27. The fraction of sp³-hybridized carbons (Fsp3) is 0.250. The number of carbonyl (C=O) groups is 3. The maximum atomic E-state index is 12.7. The smallest absolute Gasteiger partial charge is 0.329 e. The van der Waals surface area contributed by atoms with Crippen molar-refractivity contribution in [1.29, 1.82) is 0 Å². The van der Waals surface area contributed by atoms with E-state index in [0.29, 0.717) is 22.6 Å². The third-order valence-electron chi connectivity index (χ3n) is 5.25. The van der Waals surface area contributed by atoms with Gasteiger partial charge in [0.15, 0.2) is 5.65 Å². The molecule has 0 saturated heterocycles. The molecule has 3 heterocycles. The molecule has 2 aliphatic rings. The molecule has 1 aliphatic carbocycles. The van der Waals surface area contributed by atoms with Crippen molar-refractivity contribution in [2.24, 2.45) is 5.92 Å². The summed E-state index contributed by atoms with van der Waals surface area (Å²) in [7, 11) is 0. The number of imide groups is 1. The Morgan fingerprint density at radius 1 is 1.10 bits per heavy atom. The molecule has 8 nitrogen and oxygen atoms in total. The number of pyridine rings is 1. The van der Waals surface area contributed by atoms with E-state index < -0.39 is 36.4 Å². The summed E-state index contributed by atoms with van der Waals surface area (Å²) in [5.74, 6) is -3.26. The number of aromatic nitrogens is 3. The Balaban J connectivity index is 1.31. The van der Waals surface area contributed by atoms with Crippen LogP contribution in [0.5, 0.6) is 0 Å². The summed E-state index contributed by atoms with van der Waals surface area (Å²) >= 11 is 0. The first kappa shape index (κ1) is 19.2. The second-order valence-corrected chi connectivity index (χ2v) is 7.38. The number of rotatable bonds is 4. The number of halogens is 3. The Kier molecular flexibility index (Phi) is 4.11. The van der Waals surface area contributed by atoms with Crippen molar-refractivity contribution in [3.05, 3.63) is 59.4 Å². The molecule has 11 heteroatoms. The lowest BCUT2D eigenvalue weighted by Gasteiger charge is -2.12. The number of hydrogen-bond donors (Lipinski definition) is 0. The predicted molar refractivity (Wildman–Crippen MR) is 97.5 cm³/mol. The number of hydroxylamine groups is 2. The standard InChI is InChI=1S/C20H13F3N4O4/c21-20(22,23)9-26-16-10(8-24-26)5-6-15(25-16)13-7-14(13)19(30)31-27-17(28)11-3-1-2-4-12(11)18(27)29/h1-6,8,13-14H,7,9H2/t13-,14?/m0/s1. The second-order valence-electron chi connectivity index (χ2n) is 7.38. The van der Waals surface area contributed by atoms with Gasteiger partial charge in [-0.1, -0.05) is 17.2 Å². The third kappa shape index (κ3) is 3.31. The maximum absolute atomic E-state index is 12.7. The summed E-state index contributed by atoms with van der Waals surface area (Å²) in [5.41, 5.74) is 0.783. The van der Waals surface area contributed by atoms with Crippen molar-refractivity contribution in [2.45, 2.75) is 25.1 Å². The topological polar surface area (TPSA) is 94.4 Å². The first-order valence-electron chi connectivity index (χ1n) is 9.32. The molecule has 5 rings (SSSR count). The quantitative estimate of drug-likeness (QED) is 0.591. The second kappa shape index (κ2) is 6.62. The van der Waals surface area contributed by atoms with E-state index in [9.17, 15) is 27.6 Å². The van der Waals surface area contributed by atoms with Gasteiger partial charge in [0, 0.05) is 17.0 Å². The van der Waals surface area contributed by atoms with E-state index in [1.54, 1.807) is 24.3 Å². The molecule has 1 aromatic carbocycles.